The third kappa shape index (κ3) is 4.85. The van der Waals surface area contributed by atoms with Gasteiger partial charge < -0.3 is 12.4 Å². The van der Waals surface area contributed by atoms with Gasteiger partial charge in [-0.15, -0.1) is 0 Å². The largest absolute Gasteiger partial charge is 1.00 e. The molecule has 1 unspecified atom stereocenters. The molecular weight excluding hydrogens is 230 g/mol. The fourth-order valence-electron chi connectivity index (χ4n) is 2.49. The predicted molar refractivity (Wildman–Crippen MR) is 71.9 cm³/mol. The minimum Gasteiger partial charge on any atom is -1.00 e. The van der Waals surface area contributed by atoms with Gasteiger partial charge in [0.05, 0.1) is 13.1 Å². The average molecular weight is 258 g/mol. The first-order valence-corrected chi connectivity index (χ1v) is 6.98. The first-order chi connectivity index (χ1) is 7.75. The van der Waals surface area contributed by atoms with E-state index in [-0.39, 0.29) is 12.4 Å². The van der Waals surface area contributed by atoms with Crippen molar-refractivity contribution in [2.75, 3.05) is 13.1 Å². The molecule has 0 radical (unpaired) electrons. The predicted octanol–water partition coefficient (Wildman–Crippen LogP) is 1.62. The van der Waals surface area contributed by atoms with Crippen LogP contribution in [-0.2, 0) is 0 Å². The first-order valence-electron chi connectivity index (χ1n) is 6.98. The molecule has 0 aromatic carbocycles. The molecule has 1 nitrogen and oxygen atoms in total. The summed E-state index contributed by atoms with van der Waals surface area (Å²) in [6.45, 7) is 9.45. The van der Waals surface area contributed by atoms with Crippen LogP contribution in [0.4, 0.5) is 0 Å². The van der Waals surface area contributed by atoms with Crippen LogP contribution in [0.25, 0.3) is 0 Å². The zero-order valence-electron chi connectivity index (χ0n) is 11.7. The molecule has 1 aliphatic rings. The van der Waals surface area contributed by atoms with Crippen molar-refractivity contribution in [3.05, 3.63) is 24.0 Å². The number of halogens is 1. The highest BCUT2D eigenvalue weighted by Gasteiger charge is 2.28. The van der Waals surface area contributed by atoms with Gasteiger partial charge in [-0.05, 0) is 31.4 Å². The summed E-state index contributed by atoms with van der Waals surface area (Å²) in [5, 5.41) is 0. The summed E-state index contributed by atoms with van der Waals surface area (Å²) < 4.78 is 1.14. The van der Waals surface area contributed by atoms with Crippen molar-refractivity contribution in [2.45, 2.75) is 59.3 Å². The second-order valence-corrected chi connectivity index (χ2v) is 5.05. The van der Waals surface area contributed by atoms with E-state index in [1.54, 1.807) is 0 Å². The fraction of sp³-hybridized carbons (Fsp3) is 0.733. The van der Waals surface area contributed by atoms with Crippen LogP contribution in [-0.4, -0.2) is 17.6 Å². The maximum atomic E-state index is 2.40. The molecular formula is C15H28ClN. The highest BCUT2D eigenvalue weighted by molar-refractivity contribution is 5.11. The number of rotatable bonds is 8. The number of hydrogen-bond donors (Lipinski definition) is 0. The van der Waals surface area contributed by atoms with E-state index in [0.717, 1.165) is 4.48 Å². The van der Waals surface area contributed by atoms with Crippen LogP contribution in [0.5, 0.6) is 0 Å². The molecule has 0 aromatic rings. The molecule has 100 valence electrons. The van der Waals surface area contributed by atoms with E-state index in [1.807, 2.05) is 0 Å². The maximum Gasteiger partial charge on any atom is 0.110 e. The number of unbranched alkanes of at least 4 members (excludes halogenated alkanes) is 4. The SMILES string of the molecule is CCCCCC[N+]1(CCCC)C=CC=C1C.[Cl-]. The lowest BCUT2D eigenvalue weighted by Crippen LogP contribution is -3.00. The Labute approximate surface area is 114 Å². The summed E-state index contributed by atoms with van der Waals surface area (Å²) in [5.41, 5.74) is 1.53. The van der Waals surface area contributed by atoms with Crippen molar-refractivity contribution >= 4 is 0 Å². The highest BCUT2D eigenvalue weighted by atomic mass is 35.5. The van der Waals surface area contributed by atoms with Crippen molar-refractivity contribution in [3.63, 3.8) is 0 Å². The van der Waals surface area contributed by atoms with Gasteiger partial charge in [-0.2, -0.15) is 0 Å². The molecule has 0 N–H and O–H groups in total. The zero-order valence-corrected chi connectivity index (χ0v) is 12.5. The Morgan fingerprint density at radius 1 is 0.941 bits per heavy atom. The van der Waals surface area contributed by atoms with Gasteiger partial charge in [-0.3, -0.25) is 4.48 Å². The summed E-state index contributed by atoms with van der Waals surface area (Å²) >= 11 is 0. The Morgan fingerprint density at radius 3 is 2.12 bits per heavy atom. The Morgan fingerprint density at radius 2 is 1.59 bits per heavy atom. The molecule has 0 fully saturated rings. The van der Waals surface area contributed by atoms with Crippen LogP contribution >= 0.6 is 0 Å². The van der Waals surface area contributed by atoms with Crippen LogP contribution in [0, 0.1) is 0 Å². The van der Waals surface area contributed by atoms with Crippen LogP contribution in [0.15, 0.2) is 24.0 Å². The van der Waals surface area contributed by atoms with Gasteiger partial charge in [0.2, 0.25) is 0 Å². The van der Waals surface area contributed by atoms with Gasteiger partial charge in [-0.25, -0.2) is 0 Å². The topological polar surface area (TPSA) is 0 Å². The van der Waals surface area contributed by atoms with Crippen molar-refractivity contribution in [1.29, 1.82) is 0 Å². The third-order valence-corrected chi connectivity index (χ3v) is 3.73. The van der Waals surface area contributed by atoms with Gasteiger partial charge in [0, 0.05) is 6.92 Å². The summed E-state index contributed by atoms with van der Waals surface area (Å²) in [7, 11) is 0. The van der Waals surface area contributed by atoms with E-state index in [2.05, 4.69) is 39.1 Å². The van der Waals surface area contributed by atoms with E-state index in [0.29, 0.717) is 0 Å². The fourth-order valence-corrected chi connectivity index (χ4v) is 2.49. The van der Waals surface area contributed by atoms with Gasteiger partial charge >= 0.3 is 0 Å². The third-order valence-electron chi connectivity index (χ3n) is 3.73. The summed E-state index contributed by atoms with van der Waals surface area (Å²) in [6.07, 6.45) is 15.0. The van der Waals surface area contributed by atoms with E-state index >= 15 is 0 Å². The number of quaternary nitrogens is 1. The lowest BCUT2D eigenvalue weighted by atomic mass is 10.1. The second-order valence-electron chi connectivity index (χ2n) is 5.05. The molecule has 0 saturated carbocycles. The number of allylic oxidation sites excluding steroid dienone is 3. The van der Waals surface area contributed by atoms with Gasteiger partial charge in [0.25, 0.3) is 0 Å². The molecule has 1 aliphatic heterocycles. The van der Waals surface area contributed by atoms with Gasteiger partial charge in [-0.1, -0.05) is 33.1 Å². The standard InChI is InChI=1S/C15H28N.ClH/c1-4-6-8-9-13-16(12-7-5-2)14-10-11-15(16)3;/h10-11,14H,4-9,12-13H2,1-3H3;1H/q+1;/p-1. The Hall–Kier alpha value is -0.270. The minimum atomic E-state index is 0. The van der Waals surface area contributed by atoms with Crippen LogP contribution in [0.3, 0.4) is 0 Å². The normalized spacial score (nSPS) is 22.4. The van der Waals surface area contributed by atoms with Crippen LogP contribution < -0.4 is 12.4 Å². The second kappa shape index (κ2) is 8.77. The lowest BCUT2D eigenvalue weighted by molar-refractivity contribution is -0.839. The Bertz CT molecular complexity index is 258. The van der Waals surface area contributed by atoms with Crippen LogP contribution in [0.1, 0.15) is 59.3 Å². The van der Waals surface area contributed by atoms with E-state index < -0.39 is 0 Å². The first kappa shape index (κ1) is 16.7. The van der Waals surface area contributed by atoms with E-state index in [9.17, 15) is 0 Å². The van der Waals surface area contributed by atoms with Gasteiger partial charge in [0.1, 0.15) is 11.9 Å². The van der Waals surface area contributed by atoms with Crippen molar-refractivity contribution < 1.29 is 16.9 Å². The molecule has 1 atom stereocenters. The minimum absolute atomic E-state index is 0. The molecule has 2 heteroatoms. The summed E-state index contributed by atoms with van der Waals surface area (Å²) in [4.78, 5) is 0. The molecule has 0 bridgehead atoms. The van der Waals surface area contributed by atoms with E-state index in [4.69, 9.17) is 0 Å². The molecule has 0 spiro atoms. The molecule has 0 saturated heterocycles. The van der Waals surface area contributed by atoms with Crippen molar-refractivity contribution in [1.82, 2.24) is 0 Å². The summed E-state index contributed by atoms with van der Waals surface area (Å²) in [6, 6.07) is 0. The van der Waals surface area contributed by atoms with Gasteiger partial charge in [0.15, 0.2) is 0 Å². The molecule has 17 heavy (non-hydrogen) atoms. The van der Waals surface area contributed by atoms with Crippen molar-refractivity contribution in [2.24, 2.45) is 0 Å². The highest BCUT2D eigenvalue weighted by Crippen LogP contribution is 2.26. The average Bonchev–Trinajstić information content (AvgIpc) is 2.64. The summed E-state index contributed by atoms with van der Waals surface area (Å²) in [5.74, 6) is 0. The molecule has 0 aliphatic carbocycles. The quantitative estimate of drug-likeness (QED) is 0.458. The number of nitrogens with zero attached hydrogens (tertiary/aromatic N) is 1. The Balaban J connectivity index is 0.00000256. The number of hydrogen-bond acceptors (Lipinski definition) is 0. The zero-order chi connectivity index (χ0) is 11.9. The lowest BCUT2D eigenvalue weighted by Gasteiger charge is -2.33. The van der Waals surface area contributed by atoms with Crippen LogP contribution in [0.2, 0.25) is 0 Å². The molecule has 1 heterocycles. The molecule has 0 amide bonds. The van der Waals surface area contributed by atoms with Crippen molar-refractivity contribution in [3.8, 4) is 0 Å². The van der Waals surface area contributed by atoms with E-state index in [1.165, 1.54) is 57.3 Å². The Kier molecular flexibility index (Phi) is 8.63. The molecule has 1 rings (SSSR count). The molecule has 0 aromatic heterocycles. The maximum absolute atomic E-state index is 2.40. The smallest absolute Gasteiger partial charge is 0.110 e. The monoisotopic (exact) mass is 257 g/mol.